The Balaban J connectivity index is 2.21. The minimum absolute atomic E-state index is 0.0297. The van der Waals surface area contributed by atoms with Crippen LogP contribution in [-0.2, 0) is 0 Å². The van der Waals surface area contributed by atoms with E-state index in [0.29, 0.717) is 29.7 Å². The van der Waals surface area contributed by atoms with E-state index in [1.54, 1.807) is 18.2 Å². The largest absolute Gasteiger partial charge is 0.476 e. The van der Waals surface area contributed by atoms with Gasteiger partial charge in [0.15, 0.2) is 0 Å². The quantitative estimate of drug-likeness (QED) is 0.881. The molecule has 0 aliphatic heterocycles. The van der Waals surface area contributed by atoms with E-state index in [0.717, 1.165) is 6.42 Å². The van der Waals surface area contributed by atoms with Crippen molar-refractivity contribution in [2.45, 2.75) is 13.3 Å². The number of anilines is 3. The highest BCUT2D eigenvalue weighted by molar-refractivity contribution is 5.62. The second-order valence-electron chi connectivity index (χ2n) is 4.37. The molecule has 0 fully saturated rings. The maximum absolute atomic E-state index is 13.3. The molecule has 2 rings (SSSR count). The first kappa shape index (κ1) is 14.6. The molecule has 108 valence electrons. The lowest BCUT2D eigenvalue weighted by Crippen LogP contribution is -2.03. The molecule has 1 aromatic heterocycles. The Morgan fingerprint density at radius 2 is 2.19 bits per heavy atom. The zero-order valence-corrected chi connectivity index (χ0v) is 11.6. The summed E-state index contributed by atoms with van der Waals surface area (Å²) in [6.45, 7) is 2.51. The summed E-state index contributed by atoms with van der Waals surface area (Å²) in [5.74, 6) is 0.301. The molecule has 0 amide bonds. The summed E-state index contributed by atoms with van der Waals surface area (Å²) in [7, 11) is 0. The van der Waals surface area contributed by atoms with Gasteiger partial charge in [0, 0.05) is 5.69 Å². The fourth-order valence-electron chi connectivity index (χ4n) is 1.67. The van der Waals surface area contributed by atoms with Gasteiger partial charge in [0.25, 0.3) is 0 Å². The number of nitrogens with two attached hydrogens (primary N) is 1. The van der Waals surface area contributed by atoms with Gasteiger partial charge in [-0.1, -0.05) is 6.92 Å². The van der Waals surface area contributed by atoms with E-state index in [1.807, 2.05) is 6.92 Å². The number of hydrogen-bond acceptors (Lipinski definition) is 5. The highest BCUT2D eigenvalue weighted by Gasteiger charge is 2.06. The molecule has 0 saturated heterocycles. The molecular weight excluding hydrogens is 271 g/mol. The number of aromatic nitrogens is 1. The van der Waals surface area contributed by atoms with Crippen molar-refractivity contribution < 1.29 is 9.13 Å². The van der Waals surface area contributed by atoms with E-state index in [4.69, 9.17) is 15.7 Å². The van der Waals surface area contributed by atoms with E-state index in [1.165, 1.54) is 18.2 Å². The standard InChI is InChI=1S/C15H15FN4O/c1-2-7-21-15-13(18)5-6-14(20-15)19-11-3-4-12(16)10(8-11)9-17/h3-6,8H,2,7,18H2,1H3,(H,19,20). The van der Waals surface area contributed by atoms with Gasteiger partial charge < -0.3 is 15.8 Å². The zero-order chi connectivity index (χ0) is 15.2. The molecule has 0 saturated carbocycles. The third kappa shape index (κ3) is 3.60. The van der Waals surface area contributed by atoms with E-state index in [2.05, 4.69) is 10.3 Å². The molecule has 21 heavy (non-hydrogen) atoms. The first-order chi connectivity index (χ1) is 10.1. The fraction of sp³-hybridized carbons (Fsp3) is 0.200. The molecule has 2 aromatic rings. The summed E-state index contributed by atoms with van der Waals surface area (Å²) in [5.41, 5.74) is 6.76. The molecule has 0 aliphatic rings. The van der Waals surface area contributed by atoms with Crippen LogP contribution in [0.4, 0.5) is 21.6 Å². The number of nitrogen functional groups attached to an aromatic ring is 1. The monoisotopic (exact) mass is 286 g/mol. The van der Waals surface area contributed by atoms with Crippen molar-refractivity contribution in [1.29, 1.82) is 5.26 Å². The van der Waals surface area contributed by atoms with Gasteiger partial charge in [-0.2, -0.15) is 10.2 Å². The fourth-order valence-corrected chi connectivity index (χ4v) is 1.67. The Hall–Kier alpha value is -2.81. The van der Waals surface area contributed by atoms with Gasteiger partial charge in [-0.3, -0.25) is 0 Å². The molecule has 5 nitrogen and oxygen atoms in total. The van der Waals surface area contributed by atoms with Gasteiger partial charge in [-0.15, -0.1) is 0 Å². The molecule has 1 heterocycles. The van der Waals surface area contributed by atoms with Crippen LogP contribution in [0.3, 0.4) is 0 Å². The average molecular weight is 286 g/mol. The lowest BCUT2D eigenvalue weighted by molar-refractivity contribution is 0.307. The number of nitriles is 1. The first-order valence-electron chi connectivity index (χ1n) is 6.50. The van der Waals surface area contributed by atoms with Crippen LogP contribution in [0.2, 0.25) is 0 Å². The lowest BCUT2D eigenvalue weighted by Gasteiger charge is -2.10. The zero-order valence-electron chi connectivity index (χ0n) is 11.6. The van der Waals surface area contributed by atoms with Crippen LogP contribution in [0.15, 0.2) is 30.3 Å². The SMILES string of the molecule is CCCOc1nc(Nc2ccc(F)c(C#N)c2)ccc1N. The van der Waals surface area contributed by atoms with Crippen molar-refractivity contribution in [1.82, 2.24) is 4.98 Å². The molecule has 1 aromatic carbocycles. The van der Waals surface area contributed by atoms with E-state index < -0.39 is 5.82 Å². The molecular formula is C15H15FN4O. The Kier molecular flexibility index (Phi) is 4.57. The van der Waals surface area contributed by atoms with Gasteiger partial charge in [0.2, 0.25) is 5.88 Å². The molecule has 0 radical (unpaired) electrons. The van der Waals surface area contributed by atoms with Gasteiger partial charge >= 0.3 is 0 Å². The first-order valence-corrected chi connectivity index (χ1v) is 6.50. The molecule has 0 spiro atoms. The van der Waals surface area contributed by atoms with Crippen molar-refractivity contribution in [3.8, 4) is 11.9 Å². The number of nitrogens with zero attached hydrogens (tertiary/aromatic N) is 2. The molecule has 0 bridgehead atoms. The predicted molar refractivity (Wildman–Crippen MR) is 78.8 cm³/mol. The average Bonchev–Trinajstić information content (AvgIpc) is 2.49. The van der Waals surface area contributed by atoms with Crippen LogP contribution in [-0.4, -0.2) is 11.6 Å². The molecule has 0 unspecified atom stereocenters. The number of benzene rings is 1. The summed E-state index contributed by atoms with van der Waals surface area (Å²) in [4.78, 5) is 4.25. The van der Waals surface area contributed by atoms with Crippen LogP contribution < -0.4 is 15.8 Å². The highest BCUT2D eigenvalue weighted by Crippen LogP contribution is 2.24. The summed E-state index contributed by atoms with van der Waals surface area (Å²) in [6, 6.07) is 9.32. The van der Waals surface area contributed by atoms with Crippen molar-refractivity contribution in [3.05, 3.63) is 41.7 Å². The van der Waals surface area contributed by atoms with Gasteiger partial charge in [-0.25, -0.2) is 4.39 Å². The number of pyridine rings is 1. The normalized spacial score (nSPS) is 9.95. The summed E-state index contributed by atoms with van der Waals surface area (Å²) in [5, 5.41) is 11.8. The van der Waals surface area contributed by atoms with Gasteiger partial charge in [0.05, 0.1) is 17.9 Å². The number of ether oxygens (including phenoxy) is 1. The Labute approximate surface area is 122 Å². The van der Waals surface area contributed by atoms with Crippen molar-refractivity contribution >= 4 is 17.2 Å². The summed E-state index contributed by atoms with van der Waals surface area (Å²) in [6.07, 6.45) is 0.849. The van der Waals surface area contributed by atoms with Crippen molar-refractivity contribution in [2.75, 3.05) is 17.7 Å². The van der Waals surface area contributed by atoms with E-state index in [-0.39, 0.29) is 5.56 Å². The van der Waals surface area contributed by atoms with E-state index in [9.17, 15) is 4.39 Å². The van der Waals surface area contributed by atoms with Gasteiger partial charge in [-0.05, 0) is 36.8 Å². The lowest BCUT2D eigenvalue weighted by atomic mass is 10.2. The van der Waals surface area contributed by atoms with Crippen molar-refractivity contribution in [2.24, 2.45) is 0 Å². The third-order valence-electron chi connectivity index (χ3n) is 2.69. The van der Waals surface area contributed by atoms with Crippen LogP contribution in [0.25, 0.3) is 0 Å². The van der Waals surface area contributed by atoms with Crippen molar-refractivity contribution in [3.63, 3.8) is 0 Å². The number of nitrogens with one attached hydrogen (secondary N) is 1. The van der Waals surface area contributed by atoms with Crippen LogP contribution in [0, 0.1) is 17.1 Å². The maximum Gasteiger partial charge on any atom is 0.239 e. The minimum Gasteiger partial charge on any atom is -0.476 e. The Bertz CT molecular complexity index is 682. The third-order valence-corrected chi connectivity index (χ3v) is 2.69. The molecule has 6 heteroatoms. The van der Waals surface area contributed by atoms with Crippen LogP contribution in [0.1, 0.15) is 18.9 Å². The minimum atomic E-state index is -0.555. The molecule has 0 aliphatic carbocycles. The van der Waals surface area contributed by atoms with Crippen LogP contribution in [0.5, 0.6) is 5.88 Å². The molecule has 0 atom stereocenters. The van der Waals surface area contributed by atoms with E-state index >= 15 is 0 Å². The topological polar surface area (TPSA) is 84.0 Å². The second kappa shape index (κ2) is 6.57. The predicted octanol–water partition coefficient (Wildman–Crippen LogP) is 3.21. The number of rotatable bonds is 5. The Morgan fingerprint density at radius 3 is 2.90 bits per heavy atom. The molecule has 3 N–H and O–H groups in total. The number of hydrogen-bond donors (Lipinski definition) is 2. The van der Waals surface area contributed by atoms with Crippen LogP contribution >= 0.6 is 0 Å². The Morgan fingerprint density at radius 1 is 1.38 bits per heavy atom. The smallest absolute Gasteiger partial charge is 0.239 e. The maximum atomic E-state index is 13.3. The summed E-state index contributed by atoms with van der Waals surface area (Å²) < 4.78 is 18.7. The second-order valence-corrected chi connectivity index (χ2v) is 4.37. The highest BCUT2D eigenvalue weighted by atomic mass is 19.1. The summed E-state index contributed by atoms with van der Waals surface area (Å²) >= 11 is 0. The number of halogens is 1. The van der Waals surface area contributed by atoms with Gasteiger partial charge in [0.1, 0.15) is 17.7 Å².